The van der Waals surface area contributed by atoms with Crippen LogP contribution < -0.4 is 10.6 Å². The average Bonchev–Trinajstić information content (AvgIpc) is 2.31. The molecule has 1 heterocycles. The van der Waals surface area contributed by atoms with Crippen molar-refractivity contribution in [2.45, 2.75) is 0 Å². The third-order valence-corrected chi connectivity index (χ3v) is 2.98. The van der Waals surface area contributed by atoms with Gasteiger partial charge < -0.3 is 15.5 Å². The third-order valence-electron chi connectivity index (χ3n) is 2.98. The van der Waals surface area contributed by atoms with Crippen molar-refractivity contribution in [2.24, 2.45) is 5.18 Å². The number of likely N-dealkylation sites (N-methyl/N-ethyl adjacent to an activating group) is 1. The minimum Gasteiger partial charge on any atom is -0.397 e. The van der Waals surface area contributed by atoms with Crippen molar-refractivity contribution < 1.29 is 0 Å². The summed E-state index contributed by atoms with van der Waals surface area (Å²) in [5.74, 6) is 0. The molecule has 0 atom stereocenters. The molecule has 2 rings (SSSR count). The summed E-state index contributed by atoms with van der Waals surface area (Å²) < 4.78 is 0. The van der Waals surface area contributed by atoms with Crippen LogP contribution in [-0.2, 0) is 0 Å². The fourth-order valence-electron chi connectivity index (χ4n) is 1.87. The molecule has 16 heavy (non-hydrogen) atoms. The Kier molecular flexibility index (Phi) is 3.05. The second-order valence-corrected chi connectivity index (χ2v) is 4.12. The Bertz CT molecular complexity index is 386. The maximum Gasteiger partial charge on any atom is 0.132 e. The first kappa shape index (κ1) is 10.9. The second kappa shape index (κ2) is 4.49. The van der Waals surface area contributed by atoms with E-state index in [2.05, 4.69) is 22.0 Å². The zero-order valence-electron chi connectivity index (χ0n) is 9.39. The number of piperazine rings is 1. The van der Waals surface area contributed by atoms with E-state index >= 15 is 0 Å². The van der Waals surface area contributed by atoms with E-state index in [0.29, 0.717) is 11.4 Å². The van der Waals surface area contributed by atoms with E-state index in [-0.39, 0.29) is 0 Å². The Morgan fingerprint density at radius 1 is 1.25 bits per heavy atom. The Hall–Kier alpha value is -1.62. The highest BCUT2D eigenvalue weighted by Gasteiger charge is 2.15. The highest BCUT2D eigenvalue weighted by Crippen LogP contribution is 2.28. The number of nitrogens with zero attached hydrogens (tertiary/aromatic N) is 3. The minimum atomic E-state index is 0.330. The van der Waals surface area contributed by atoms with E-state index in [1.807, 2.05) is 6.07 Å². The molecule has 5 heteroatoms. The summed E-state index contributed by atoms with van der Waals surface area (Å²) in [7, 11) is 2.11. The molecule has 1 aliphatic rings. The fraction of sp³-hybridized carbons (Fsp3) is 0.455. The van der Waals surface area contributed by atoms with Crippen molar-refractivity contribution >= 4 is 17.1 Å². The molecule has 0 amide bonds. The van der Waals surface area contributed by atoms with Gasteiger partial charge in [0.2, 0.25) is 0 Å². The molecule has 0 aliphatic carbocycles. The molecule has 1 aromatic rings. The molecule has 0 radical (unpaired) electrons. The monoisotopic (exact) mass is 220 g/mol. The normalized spacial score (nSPS) is 17.4. The van der Waals surface area contributed by atoms with E-state index in [4.69, 9.17) is 5.73 Å². The maximum absolute atomic E-state index is 10.6. The van der Waals surface area contributed by atoms with Gasteiger partial charge in [0, 0.05) is 31.9 Å². The lowest BCUT2D eigenvalue weighted by Gasteiger charge is -2.34. The van der Waals surface area contributed by atoms with Crippen molar-refractivity contribution in [1.82, 2.24) is 4.90 Å². The van der Waals surface area contributed by atoms with Gasteiger partial charge in [-0.3, -0.25) is 0 Å². The van der Waals surface area contributed by atoms with Crippen LogP contribution in [0.3, 0.4) is 0 Å². The number of nitroso groups, excluding NO2 is 1. The molecular formula is C11H16N4O. The number of benzene rings is 1. The van der Waals surface area contributed by atoms with Crippen LogP contribution in [0.25, 0.3) is 0 Å². The first-order valence-electron chi connectivity index (χ1n) is 5.37. The molecule has 2 N–H and O–H groups in total. The predicted molar refractivity (Wildman–Crippen MR) is 66.0 cm³/mol. The number of rotatable bonds is 2. The fourth-order valence-corrected chi connectivity index (χ4v) is 1.87. The van der Waals surface area contributed by atoms with Gasteiger partial charge in [-0.2, -0.15) is 0 Å². The minimum absolute atomic E-state index is 0.330. The lowest BCUT2D eigenvalue weighted by molar-refractivity contribution is 0.313. The lowest BCUT2D eigenvalue weighted by atomic mass is 10.2. The smallest absolute Gasteiger partial charge is 0.132 e. The van der Waals surface area contributed by atoms with Crippen molar-refractivity contribution in [2.75, 3.05) is 43.9 Å². The quantitative estimate of drug-likeness (QED) is 0.604. The molecule has 1 aromatic carbocycles. The summed E-state index contributed by atoms with van der Waals surface area (Å²) in [5.41, 5.74) is 7.42. The largest absolute Gasteiger partial charge is 0.397 e. The molecule has 0 spiro atoms. The molecule has 0 aromatic heterocycles. The van der Waals surface area contributed by atoms with Gasteiger partial charge in [0.15, 0.2) is 0 Å². The number of nitrogens with two attached hydrogens (primary N) is 1. The van der Waals surface area contributed by atoms with E-state index in [1.165, 1.54) is 0 Å². The Balaban J connectivity index is 2.17. The molecule has 1 saturated heterocycles. The zero-order valence-corrected chi connectivity index (χ0v) is 9.39. The highest BCUT2D eigenvalue weighted by molar-refractivity contribution is 5.69. The Morgan fingerprint density at radius 3 is 2.56 bits per heavy atom. The average molecular weight is 220 g/mol. The topological polar surface area (TPSA) is 61.9 Å². The van der Waals surface area contributed by atoms with Gasteiger partial charge in [-0.05, 0) is 30.4 Å². The van der Waals surface area contributed by atoms with E-state index in [1.54, 1.807) is 12.1 Å². The number of anilines is 2. The van der Waals surface area contributed by atoms with Gasteiger partial charge in [-0.15, -0.1) is 4.91 Å². The summed E-state index contributed by atoms with van der Waals surface area (Å²) in [5, 5.41) is 2.93. The van der Waals surface area contributed by atoms with Crippen LogP contribution in [0, 0.1) is 4.91 Å². The molecule has 0 bridgehead atoms. The first-order valence-corrected chi connectivity index (χ1v) is 5.37. The summed E-state index contributed by atoms with van der Waals surface area (Å²) in [6, 6.07) is 5.44. The number of hydrogen-bond donors (Lipinski definition) is 1. The first-order chi connectivity index (χ1) is 7.70. The van der Waals surface area contributed by atoms with E-state index in [9.17, 15) is 4.91 Å². The SMILES string of the molecule is CN1CCN(c2ccc(N)c(N=O)c2)CC1. The Morgan fingerprint density at radius 2 is 1.94 bits per heavy atom. The molecular weight excluding hydrogens is 204 g/mol. The van der Waals surface area contributed by atoms with Crippen molar-refractivity contribution in [3.63, 3.8) is 0 Å². The summed E-state index contributed by atoms with van der Waals surface area (Å²) >= 11 is 0. The van der Waals surface area contributed by atoms with Crippen LogP contribution in [0.1, 0.15) is 0 Å². The number of hydrogen-bond acceptors (Lipinski definition) is 5. The summed E-state index contributed by atoms with van der Waals surface area (Å²) in [4.78, 5) is 15.1. The molecule has 0 unspecified atom stereocenters. The summed E-state index contributed by atoms with van der Waals surface area (Å²) in [6.45, 7) is 4.01. The molecule has 5 nitrogen and oxygen atoms in total. The van der Waals surface area contributed by atoms with Crippen LogP contribution in [-0.4, -0.2) is 38.1 Å². The van der Waals surface area contributed by atoms with Gasteiger partial charge in [0.1, 0.15) is 5.69 Å². The molecule has 1 aliphatic heterocycles. The van der Waals surface area contributed by atoms with E-state index in [0.717, 1.165) is 31.9 Å². The van der Waals surface area contributed by atoms with Gasteiger partial charge in [-0.1, -0.05) is 0 Å². The zero-order chi connectivity index (χ0) is 11.5. The van der Waals surface area contributed by atoms with E-state index < -0.39 is 0 Å². The predicted octanol–water partition coefficient (Wildman–Crippen LogP) is 1.42. The maximum atomic E-state index is 10.6. The van der Waals surface area contributed by atoms with Crippen LogP contribution in [0.4, 0.5) is 17.1 Å². The highest BCUT2D eigenvalue weighted by atomic mass is 16.3. The van der Waals surface area contributed by atoms with Crippen molar-refractivity contribution in [1.29, 1.82) is 0 Å². The van der Waals surface area contributed by atoms with Gasteiger partial charge in [0.05, 0.1) is 5.69 Å². The molecule has 0 saturated carbocycles. The number of nitrogen functional groups attached to an aromatic ring is 1. The van der Waals surface area contributed by atoms with Crippen LogP contribution in [0.5, 0.6) is 0 Å². The second-order valence-electron chi connectivity index (χ2n) is 4.12. The Labute approximate surface area is 94.8 Å². The van der Waals surface area contributed by atoms with Crippen LogP contribution in [0.2, 0.25) is 0 Å². The van der Waals surface area contributed by atoms with Crippen molar-refractivity contribution in [3.8, 4) is 0 Å². The van der Waals surface area contributed by atoms with Gasteiger partial charge in [0.25, 0.3) is 0 Å². The lowest BCUT2D eigenvalue weighted by Crippen LogP contribution is -2.44. The molecule has 86 valence electrons. The van der Waals surface area contributed by atoms with Gasteiger partial charge >= 0.3 is 0 Å². The van der Waals surface area contributed by atoms with Crippen LogP contribution in [0.15, 0.2) is 23.4 Å². The van der Waals surface area contributed by atoms with Crippen LogP contribution >= 0.6 is 0 Å². The van der Waals surface area contributed by atoms with Crippen molar-refractivity contribution in [3.05, 3.63) is 23.1 Å². The standard InChI is InChI=1S/C11H16N4O/c1-14-4-6-15(7-5-14)9-2-3-10(12)11(8-9)13-16/h2-3,8H,4-7,12H2,1H3. The summed E-state index contributed by atoms with van der Waals surface area (Å²) in [6.07, 6.45) is 0. The van der Waals surface area contributed by atoms with Gasteiger partial charge in [-0.25, -0.2) is 0 Å². The third kappa shape index (κ3) is 2.14. The molecule has 1 fully saturated rings.